The van der Waals surface area contributed by atoms with Gasteiger partial charge in [0.25, 0.3) is 0 Å². The van der Waals surface area contributed by atoms with E-state index in [1.807, 2.05) is 0 Å². The van der Waals surface area contributed by atoms with Gasteiger partial charge >= 0.3 is 0 Å². The number of ether oxygens (including phenoxy) is 1. The maximum absolute atomic E-state index is 5.87. The van der Waals surface area contributed by atoms with Crippen molar-refractivity contribution in [1.82, 2.24) is 5.32 Å². The first-order valence-corrected chi connectivity index (χ1v) is 8.22. The molecule has 1 fully saturated rings. The minimum absolute atomic E-state index is 0.406. The third-order valence-electron chi connectivity index (χ3n) is 4.85. The van der Waals surface area contributed by atoms with Crippen LogP contribution in [0.3, 0.4) is 0 Å². The van der Waals surface area contributed by atoms with Gasteiger partial charge in [-0.15, -0.1) is 0 Å². The van der Waals surface area contributed by atoms with Gasteiger partial charge in [-0.25, -0.2) is 0 Å². The first-order valence-electron chi connectivity index (χ1n) is 8.22. The Morgan fingerprint density at radius 3 is 2.45 bits per heavy atom. The van der Waals surface area contributed by atoms with E-state index in [-0.39, 0.29) is 0 Å². The molecule has 2 heteroatoms. The molecule has 0 aromatic heterocycles. The van der Waals surface area contributed by atoms with E-state index in [4.69, 9.17) is 4.74 Å². The molecule has 0 heterocycles. The Kier molecular flexibility index (Phi) is 5.47. The van der Waals surface area contributed by atoms with E-state index in [2.05, 4.69) is 50.4 Å². The molecular weight excluding hydrogens is 246 g/mol. The first-order chi connectivity index (χ1) is 9.77. The van der Waals surface area contributed by atoms with Crippen LogP contribution in [0.15, 0.2) is 24.3 Å². The highest BCUT2D eigenvalue weighted by molar-refractivity contribution is 5.37. The predicted octanol–water partition coefficient (Wildman–Crippen LogP) is 4.71. The topological polar surface area (TPSA) is 21.3 Å². The Morgan fingerprint density at radius 2 is 1.85 bits per heavy atom. The van der Waals surface area contributed by atoms with Crippen molar-refractivity contribution in [2.24, 2.45) is 5.41 Å². The summed E-state index contributed by atoms with van der Waals surface area (Å²) in [4.78, 5) is 0. The van der Waals surface area contributed by atoms with Gasteiger partial charge < -0.3 is 10.1 Å². The van der Waals surface area contributed by atoms with E-state index in [0.29, 0.717) is 11.5 Å². The summed E-state index contributed by atoms with van der Waals surface area (Å²) in [6, 6.07) is 8.99. The highest BCUT2D eigenvalue weighted by Crippen LogP contribution is 2.51. The van der Waals surface area contributed by atoms with Gasteiger partial charge in [0.05, 0.1) is 6.61 Å². The van der Waals surface area contributed by atoms with Gasteiger partial charge in [-0.1, -0.05) is 44.9 Å². The second kappa shape index (κ2) is 7.12. The molecule has 20 heavy (non-hydrogen) atoms. The fraction of sp³-hybridized carbons (Fsp3) is 0.667. The predicted molar refractivity (Wildman–Crippen MR) is 85.2 cm³/mol. The molecule has 1 aliphatic rings. The van der Waals surface area contributed by atoms with Gasteiger partial charge in [-0.2, -0.15) is 0 Å². The van der Waals surface area contributed by atoms with E-state index in [9.17, 15) is 0 Å². The zero-order valence-electron chi connectivity index (χ0n) is 13.2. The molecule has 1 aromatic rings. The minimum atomic E-state index is 0.406. The van der Waals surface area contributed by atoms with Gasteiger partial charge in [0, 0.05) is 11.6 Å². The summed E-state index contributed by atoms with van der Waals surface area (Å²) >= 11 is 0. The van der Waals surface area contributed by atoms with E-state index in [1.165, 1.54) is 37.7 Å². The third kappa shape index (κ3) is 3.01. The Morgan fingerprint density at radius 1 is 1.15 bits per heavy atom. The number of nitrogens with one attached hydrogen (secondary N) is 1. The van der Waals surface area contributed by atoms with Crippen molar-refractivity contribution in [3.8, 4) is 5.75 Å². The Balaban J connectivity index is 2.37. The van der Waals surface area contributed by atoms with Crippen LogP contribution in [0.1, 0.15) is 64.5 Å². The normalized spacial score (nSPS) is 18.9. The molecule has 1 atom stereocenters. The summed E-state index contributed by atoms with van der Waals surface area (Å²) in [7, 11) is 0. The lowest BCUT2D eigenvalue weighted by Crippen LogP contribution is -2.36. The van der Waals surface area contributed by atoms with E-state index in [1.54, 1.807) is 0 Å². The molecule has 1 unspecified atom stereocenters. The third-order valence-corrected chi connectivity index (χ3v) is 4.85. The van der Waals surface area contributed by atoms with Crippen molar-refractivity contribution in [2.75, 3.05) is 13.2 Å². The average molecular weight is 275 g/mol. The SMILES string of the molecule is CCNC(c1ccccc1OCC)C1(CC)CCCC1. The number of para-hydroxylation sites is 1. The molecule has 2 rings (SSSR count). The van der Waals surface area contributed by atoms with Gasteiger partial charge in [0.15, 0.2) is 0 Å². The van der Waals surface area contributed by atoms with Crippen LogP contribution in [0.5, 0.6) is 5.75 Å². The Bertz CT molecular complexity index is 410. The van der Waals surface area contributed by atoms with Crippen LogP contribution in [-0.4, -0.2) is 13.2 Å². The molecular formula is C18H29NO. The summed E-state index contributed by atoms with van der Waals surface area (Å²) in [6.07, 6.45) is 6.65. The quantitative estimate of drug-likeness (QED) is 0.778. The monoisotopic (exact) mass is 275 g/mol. The van der Waals surface area contributed by atoms with Gasteiger partial charge in [-0.3, -0.25) is 0 Å². The lowest BCUT2D eigenvalue weighted by Gasteiger charge is -2.38. The largest absolute Gasteiger partial charge is 0.494 e. The molecule has 1 aromatic carbocycles. The number of benzene rings is 1. The van der Waals surface area contributed by atoms with Crippen LogP contribution in [0.2, 0.25) is 0 Å². The number of hydrogen-bond donors (Lipinski definition) is 1. The fourth-order valence-electron chi connectivity index (χ4n) is 3.79. The zero-order valence-corrected chi connectivity index (χ0v) is 13.2. The smallest absolute Gasteiger partial charge is 0.124 e. The standard InChI is InChI=1S/C18H29NO/c1-4-18(13-9-10-14-18)17(19-5-2)15-11-7-8-12-16(15)20-6-3/h7-8,11-12,17,19H,4-6,9-10,13-14H2,1-3H3. The van der Waals surface area contributed by atoms with Crippen molar-refractivity contribution in [3.63, 3.8) is 0 Å². The number of hydrogen-bond acceptors (Lipinski definition) is 2. The molecule has 1 aliphatic carbocycles. The molecule has 0 radical (unpaired) electrons. The molecule has 112 valence electrons. The van der Waals surface area contributed by atoms with Crippen LogP contribution >= 0.6 is 0 Å². The molecule has 0 spiro atoms. The number of rotatable bonds is 7. The molecule has 1 N–H and O–H groups in total. The van der Waals surface area contributed by atoms with Crippen molar-refractivity contribution < 1.29 is 4.74 Å². The highest BCUT2D eigenvalue weighted by atomic mass is 16.5. The maximum atomic E-state index is 5.87. The second-order valence-electron chi connectivity index (χ2n) is 5.88. The summed E-state index contributed by atoms with van der Waals surface area (Å²) in [5, 5.41) is 3.75. The molecule has 0 aliphatic heterocycles. The molecule has 0 saturated heterocycles. The van der Waals surface area contributed by atoms with Crippen LogP contribution < -0.4 is 10.1 Å². The molecule has 0 amide bonds. The molecule has 1 saturated carbocycles. The van der Waals surface area contributed by atoms with E-state index in [0.717, 1.165) is 18.9 Å². The van der Waals surface area contributed by atoms with Crippen molar-refractivity contribution in [3.05, 3.63) is 29.8 Å². The van der Waals surface area contributed by atoms with E-state index < -0.39 is 0 Å². The summed E-state index contributed by atoms with van der Waals surface area (Å²) in [5.41, 5.74) is 1.75. The van der Waals surface area contributed by atoms with Gasteiger partial charge in [0.1, 0.15) is 5.75 Å². The summed E-state index contributed by atoms with van der Waals surface area (Å²) in [5.74, 6) is 1.06. The molecule has 0 bridgehead atoms. The van der Waals surface area contributed by atoms with Crippen LogP contribution in [0.25, 0.3) is 0 Å². The minimum Gasteiger partial charge on any atom is -0.494 e. The van der Waals surface area contributed by atoms with E-state index >= 15 is 0 Å². The molecule has 2 nitrogen and oxygen atoms in total. The lowest BCUT2D eigenvalue weighted by atomic mass is 9.73. The van der Waals surface area contributed by atoms with Crippen LogP contribution in [0, 0.1) is 5.41 Å². The zero-order chi connectivity index (χ0) is 14.4. The second-order valence-corrected chi connectivity index (χ2v) is 5.88. The summed E-state index contributed by atoms with van der Waals surface area (Å²) < 4.78 is 5.87. The van der Waals surface area contributed by atoms with Crippen molar-refractivity contribution in [2.45, 2.75) is 58.9 Å². The average Bonchev–Trinajstić information content (AvgIpc) is 2.96. The van der Waals surface area contributed by atoms with Crippen LogP contribution in [-0.2, 0) is 0 Å². The van der Waals surface area contributed by atoms with Gasteiger partial charge in [-0.05, 0) is 44.2 Å². The van der Waals surface area contributed by atoms with Crippen molar-refractivity contribution in [1.29, 1.82) is 0 Å². The Labute approximate surface area is 123 Å². The van der Waals surface area contributed by atoms with Gasteiger partial charge in [0.2, 0.25) is 0 Å². The Hall–Kier alpha value is -1.02. The van der Waals surface area contributed by atoms with Crippen LogP contribution in [0.4, 0.5) is 0 Å². The van der Waals surface area contributed by atoms with Crippen molar-refractivity contribution >= 4 is 0 Å². The maximum Gasteiger partial charge on any atom is 0.124 e. The lowest BCUT2D eigenvalue weighted by molar-refractivity contribution is 0.184. The fourth-order valence-corrected chi connectivity index (χ4v) is 3.79. The summed E-state index contributed by atoms with van der Waals surface area (Å²) in [6.45, 7) is 8.35. The first kappa shape index (κ1) is 15.4. The highest BCUT2D eigenvalue weighted by Gasteiger charge is 2.41.